The minimum absolute atomic E-state index is 0.268. The number of piperazine rings is 1. The zero-order valence-corrected chi connectivity index (χ0v) is 15.9. The van der Waals surface area contributed by atoms with E-state index in [1.165, 1.54) is 17.5 Å². The van der Waals surface area contributed by atoms with Crippen LogP contribution in [0.4, 0.5) is 5.69 Å². The normalized spacial score (nSPS) is 15.0. The lowest BCUT2D eigenvalue weighted by atomic mass is 10.2. The van der Waals surface area contributed by atoms with E-state index in [4.69, 9.17) is 8.83 Å². The van der Waals surface area contributed by atoms with Crippen molar-refractivity contribution in [3.8, 4) is 0 Å². The van der Waals surface area contributed by atoms with Crippen molar-refractivity contribution in [1.82, 2.24) is 15.2 Å². The molecule has 0 bridgehead atoms. The van der Waals surface area contributed by atoms with E-state index in [2.05, 4.69) is 51.3 Å². The van der Waals surface area contributed by atoms with Crippen LogP contribution in [0.3, 0.4) is 0 Å². The number of carbonyl (C=O) groups excluding carboxylic acids is 1. The third kappa shape index (κ3) is 4.43. The second-order valence-electron chi connectivity index (χ2n) is 6.99. The van der Waals surface area contributed by atoms with Gasteiger partial charge in [-0.3, -0.25) is 9.69 Å². The first kappa shape index (κ1) is 18.3. The van der Waals surface area contributed by atoms with Gasteiger partial charge in [0.05, 0.1) is 19.4 Å². The molecule has 0 aliphatic carbocycles. The molecular formula is C21H24N4O3. The maximum Gasteiger partial charge on any atom is 0.273 e. The van der Waals surface area contributed by atoms with Crippen LogP contribution in [-0.2, 0) is 13.1 Å². The zero-order valence-electron chi connectivity index (χ0n) is 15.9. The standard InChI is InChI=1S/C21H24N4O3/c1-16-4-6-17(7-5-16)25-10-8-24(9-11-25)14-20-23-19(15-28-20)21(26)22-13-18-3-2-12-27-18/h2-7,12,15H,8-11,13-14H2,1H3,(H,22,26). The minimum Gasteiger partial charge on any atom is -0.467 e. The fourth-order valence-electron chi connectivity index (χ4n) is 3.27. The maximum atomic E-state index is 12.2. The summed E-state index contributed by atoms with van der Waals surface area (Å²) in [5, 5.41) is 2.77. The molecule has 3 heterocycles. The molecule has 7 nitrogen and oxygen atoms in total. The first-order valence-electron chi connectivity index (χ1n) is 9.46. The van der Waals surface area contributed by atoms with E-state index in [0.717, 1.165) is 26.2 Å². The number of amides is 1. The smallest absolute Gasteiger partial charge is 0.273 e. The summed E-state index contributed by atoms with van der Waals surface area (Å²) >= 11 is 0. The van der Waals surface area contributed by atoms with Gasteiger partial charge in [0.15, 0.2) is 5.69 Å². The molecule has 1 aliphatic heterocycles. The summed E-state index contributed by atoms with van der Waals surface area (Å²) in [6.45, 7) is 6.80. The predicted octanol–water partition coefficient (Wildman–Crippen LogP) is 2.83. The number of hydrogen-bond acceptors (Lipinski definition) is 6. The second kappa shape index (κ2) is 8.31. The van der Waals surface area contributed by atoms with Gasteiger partial charge < -0.3 is 19.1 Å². The number of benzene rings is 1. The molecule has 1 saturated heterocycles. The Morgan fingerprint density at radius 2 is 1.89 bits per heavy atom. The van der Waals surface area contributed by atoms with Gasteiger partial charge in [0.1, 0.15) is 12.0 Å². The number of carbonyl (C=O) groups is 1. The largest absolute Gasteiger partial charge is 0.467 e. The summed E-state index contributed by atoms with van der Waals surface area (Å²) in [5.74, 6) is 0.992. The number of aryl methyl sites for hydroxylation is 1. The van der Waals surface area contributed by atoms with Crippen molar-refractivity contribution in [3.05, 3.63) is 71.8 Å². The van der Waals surface area contributed by atoms with Gasteiger partial charge in [-0.15, -0.1) is 0 Å². The molecule has 1 fully saturated rings. The van der Waals surface area contributed by atoms with Crippen LogP contribution < -0.4 is 10.2 Å². The van der Waals surface area contributed by atoms with Crippen molar-refractivity contribution >= 4 is 11.6 Å². The van der Waals surface area contributed by atoms with Crippen LogP contribution in [0.2, 0.25) is 0 Å². The van der Waals surface area contributed by atoms with Gasteiger partial charge in [-0.05, 0) is 31.2 Å². The molecule has 0 saturated carbocycles. The van der Waals surface area contributed by atoms with E-state index in [9.17, 15) is 4.79 Å². The van der Waals surface area contributed by atoms with E-state index in [1.807, 2.05) is 6.07 Å². The van der Waals surface area contributed by atoms with Crippen molar-refractivity contribution in [1.29, 1.82) is 0 Å². The van der Waals surface area contributed by atoms with Crippen molar-refractivity contribution in [3.63, 3.8) is 0 Å². The molecule has 0 spiro atoms. The fraction of sp³-hybridized carbons (Fsp3) is 0.333. The fourth-order valence-corrected chi connectivity index (χ4v) is 3.27. The Labute approximate surface area is 163 Å². The number of oxazole rings is 1. The molecule has 7 heteroatoms. The van der Waals surface area contributed by atoms with E-state index >= 15 is 0 Å². The number of aromatic nitrogens is 1. The highest BCUT2D eigenvalue weighted by atomic mass is 16.3. The Kier molecular flexibility index (Phi) is 5.43. The van der Waals surface area contributed by atoms with Gasteiger partial charge in [0.2, 0.25) is 5.89 Å². The Balaban J connectivity index is 1.26. The average molecular weight is 380 g/mol. The highest BCUT2D eigenvalue weighted by Gasteiger charge is 2.20. The summed E-state index contributed by atoms with van der Waals surface area (Å²) in [5.41, 5.74) is 2.83. The predicted molar refractivity (Wildman–Crippen MR) is 105 cm³/mol. The molecule has 0 radical (unpaired) electrons. The Morgan fingerprint density at radius 3 is 2.61 bits per heavy atom. The summed E-state index contributed by atoms with van der Waals surface area (Å²) in [6, 6.07) is 12.2. The van der Waals surface area contributed by atoms with Crippen LogP contribution >= 0.6 is 0 Å². The van der Waals surface area contributed by atoms with Crippen molar-refractivity contribution in [2.45, 2.75) is 20.0 Å². The number of hydrogen-bond donors (Lipinski definition) is 1. The number of furan rings is 1. The van der Waals surface area contributed by atoms with Gasteiger partial charge >= 0.3 is 0 Å². The van der Waals surface area contributed by atoms with Crippen LogP contribution in [-0.4, -0.2) is 42.0 Å². The number of anilines is 1. The van der Waals surface area contributed by atoms with E-state index in [1.54, 1.807) is 12.3 Å². The first-order valence-corrected chi connectivity index (χ1v) is 9.46. The molecule has 1 aliphatic rings. The Morgan fingerprint density at radius 1 is 1.11 bits per heavy atom. The summed E-state index contributed by atoms with van der Waals surface area (Å²) in [7, 11) is 0. The average Bonchev–Trinajstić information content (AvgIpc) is 3.40. The Hall–Kier alpha value is -3.06. The van der Waals surface area contributed by atoms with Crippen LogP contribution in [0.25, 0.3) is 0 Å². The summed E-state index contributed by atoms with van der Waals surface area (Å²) in [6.07, 6.45) is 2.99. The Bertz CT molecular complexity index is 894. The highest BCUT2D eigenvalue weighted by molar-refractivity contribution is 5.91. The molecule has 1 aromatic carbocycles. The summed E-state index contributed by atoms with van der Waals surface area (Å²) in [4.78, 5) is 21.2. The quantitative estimate of drug-likeness (QED) is 0.709. The topological polar surface area (TPSA) is 74.8 Å². The van der Waals surface area contributed by atoms with Gasteiger partial charge in [0, 0.05) is 31.9 Å². The zero-order chi connectivity index (χ0) is 19.3. The molecule has 2 aromatic heterocycles. The highest BCUT2D eigenvalue weighted by Crippen LogP contribution is 2.18. The molecular weight excluding hydrogens is 356 g/mol. The van der Waals surface area contributed by atoms with Gasteiger partial charge in [-0.2, -0.15) is 0 Å². The molecule has 3 aromatic rings. The first-order chi connectivity index (χ1) is 13.7. The molecule has 4 rings (SSSR count). The van der Waals surface area contributed by atoms with E-state index < -0.39 is 0 Å². The third-order valence-electron chi connectivity index (χ3n) is 4.92. The molecule has 146 valence electrons. The molecule has 1 N–H and O–H groups in total. The van der Waals surface area contributed by atoms with Crippen LogP contribution in [0.5, 0.6) is 0 Å². The maximum absolute atomic E-state index is 12.2. The van der Waals surface area contributed by atoms with E-state index in [-0.39, 0.29) is 5.91 Å². The second-order valence-corrected chi connectivity index (χ2v) is 6.99. The van der Waals surface area contributed by atoms with Crippen LogP contribution in [0, 0.1) is 6.92 Å². The molecule has 0 unspecified atom stereocenters. The minimum atomic E-state index is -0.268. The third-order valence-corrected chi connectivity index (χ3v) is 4.92. The van der Waals surface area contributed by atoms with Crippen LogP contribution in [0.15, 0.2) is 57.8 Å². The van der Waals surface area contributed by atoms with Crippen molar-refractivity contribution in [2.75, 3.05) is 31.1 Å². The van der Waals surface area contributed by atoms with Gasteiger partial charge in [-0.1, -0.05) is 17.7 Å². The SMILES string of the molecule is Cc1ccc(N2CCN(Cc3nc(C(=O)NCc4ccco4)co3)CC2)cc1. The molecule has 28 heavy (non-hydrogen) atoms. The van der Waals surface area contributed by atoms with Gasteiger partial charge in [-0.25, -0.2) is 4.98 Å². The monoisotopic (exact) mass is 380 g/mol. The molecule has 0 atom stereocenters. The lowest BCUT2D eigenvalue weighted by Crippen LogP contribution is -2.46. The number of nitrogens with zero attached hydrogens (tertiary/aromatic N) is 3. The number of rotatable bonds is 6. The van der Waals surface area contributed by atoms with Crippen molar-refractivity contribution < 1.29 is 13.6 Å². The number of nitrogens with one attached hydrogen (secondary N) is 1. The lowest BCUT2D eigenvalue weighted by Gasteiger charge is -2.35. The summed E-state index contributed by atoms with van der Waals surface area (Å²) < 4.78 is 10.7. The van der Waals surface area contributed by atoms with E-state index in [0.29, 0.717) is 30.4 Å². The van der Waals surface area contributed by atoms with Crippen LogP contribution in [0.1, 0.15) is 27.7 Å². The van der Waals surface area contributed by atoms with Gasteiger partial charge in [0.25, 0.3) is 5.91 Å². The van der Waals surface area contributed by atoms with Crippen molar-refractivity contribution in [2.24, 2.45) is 0 Å². The molecule has 1 amide bonds. The lowest BCUT2D eigenvalue weighted by molar-refractivity contribution is 0.0943.